The van der Waals surface area contributed by atoms with Gasteiger partial charge in [0.2, 0.25) is 0 Å². The number of aliphatic hydroxyl groups is 1. The Morgan fingerprint density at radius 1 is 1.55 bits per heavy atom. The average molecular weight is 278 g/mol. The van der Waals surface area contributed by atoms with Crippen LogP contribution < -0.4 is 0 Å². The molecule has 0 spiro atoms. The molecule has 5 nitrogen and oxygen atoms in total. The van der Waals surface area contributed by atoms with Crippen molar-refractivity contribution in [2.45, 2.75) is 38.8 Å². The van der Waals surface area contributed by atoms with Crippen LogP contribution >= 0.6 is 0 Å². The molecule has 1 amide bonds. The number of rotatable bonds is 2. The Labute approximate surface area is 119 Å². The molecule has 0 bridgehead atoms. The van der Waals surface area contributed by atoms with Gasteiger partial charge in [0.15, 0.2) is 0 Å². The molecule has 1 aromatic rings. The zero-order valence-electron chi connectivity index (χ0n) is 12.2. The molecule has 0 aliphatic carbocycles. The maximum Gasteiger partial charge on any atom is 0.410 e. The summed E-state index contributed by atoms with van der Waals surface area (Å²) in [5, 5.41) is 9.53. The van der Waals surface area contributed by atoms with Crippen molar-refractivity contribution >= 4 is 6.09 Å². The topological polar surface area (TPSA) is 62.7 Å². The number of hydrogen-bond donors (Lipinski definition) is 1. The fourth-order valence-corrected chi connectivity index (χ4v) is 2.58. The van der Waals surface area contributed by atoms with Crippen LogP contribution in [0.15, 0.2) is 24.5 Å². The van der Waals surface area contributed by atoms with E-state index < -0.39 is 5.60 Å². The van der Waals surface area contributed by atoms with Crippen LogP contribution in [0.2, 0.25) is 0 Å². The van der Waals surface area contributed by atoms with Crippen LogP contribution in [0.3, 0.4) is 0 Å². The molecule has 0 aromatic carbocycles. The van der Waals surface area contributed by atoms with Gasteiger partial charge in [-0.1, -0.05) is 6.07 Å². The van der Waals surface area contributed by atoms with E-state index in [1.807, 2.05) is 32.9 Å². The number of pyridine rings is 1. The highest BCUT2D eigenvalue weighted by Crippen LogP contribution is 2.37. The molecule has 1 aliphatic heterocycles. The smallest absolute Gasteiger partial charge is 0.410 e. The van der Waals surface area contributed by atoms with Gasteiger partial charge in [-0.3, -0.25) is 4.98 Å². The lowest BCUT2D eigenvalue weighted by Crippen LogP contribution is -2.37. The number of carbonyl (C=O) groups excluding carboxylic acids is 1. The summed E-state index contributed by atoms with van der Waals surface area (Å²) in [5.41, 5.74) is 0.420. The summed E-state index contributed by atoms with van der Waals surface area (Å²) >= 11 is 0. The number of hydrogen-bond acceptors (Lipinski definition) is 4. The van der Waals surface area contributed by atoms with Crippen molar-refractivity contribution in [1.29, 1.82) is 0 Å². The molecule has 1 N–H and O–H groups in total. The van der Waals surface area contributed by atoms with Crippen LogP contribution in [-0.4, -0.2) is 39.8 Å². The van der Waals surface area contributed by atoms with Crippen LogP contribution in [0.1, 0.15) is 38.8 Å². The minimum Gasteiger partial charge on any atom is -0.444 e. The highest BCUT2D eigenvalue weighted by Gasteiger charge is 2.39. The van der Waals surface area contributed by atoms with Crippen molar-refractivity contribution in [1.82, 2.24) is 9.88 Å². The summed E-state index contributed by atoms with van der Waals surface area (Å²) in [4.78, 5) is 18.1. The third kappa shape index (κ3) is 3.28. The van der Waals surface area contributed by atoms with Crippen LogP contribution in [-0.2, 0) is 4.74 Å². The molecule has 2 rings (SSSR count). The third-order valence-corrected chi connectivity index (χ3v) is 3.41. The fraction of sp³-hybridized carbons (Fsp3) is 0.600. The Hall–Kier alpha value is -1.62. The minimum atomic E-state index is -0.520. The molecule has 1 saturated heterocycles. The molecule has 110 valence electrons. The molecular weight excluding hydrogens is 256 g/mol. The molecule has 1 aliphatic rings. The Morgan fingerprint density at radius 2 is 2.30 bits per heavy atom. The summed E-state index contributed by atoms with van der Waals surface area (Å²) in [6.07, 6.45) is 3.89. The SMILES string of the molecule is CC(C)(C)OC(=O)N1CCC(CO)C1c1cccnc1. The van der Waals surface area contributed by atoms with Gasteiger partial charge < -0.3 is 14.7 Å². The zero-order valence-corrected chi connectivity index (χ0v) is 12.2. The first kappa shape index (κ1) is 14.8. The summed E-state index contributed by atoms with van der Waals surface area (Å²) in [6.45, 7) is 6.20. The predicted molar refractivity (Wildman–Crippen MR) is 75.1 cm³/mol. The van der Waals surface area contributed by atoms with E-state index in [4.69, 9.17) is 4.74 Å². The van der Waals surface area contributed by atoms with E-state index in [0.717, 1.165) is 12.0 Å². The van der Waals surface area contributed by atoms with Crippen molar-refractivity contribution in [2.24, 2.45) is 5.92 Å². The normalized spacial score (nSPS) is 22.9. The maximum atomic E-state index is 12.3. The van der Waals surface area contributed by atoms with Crippen LogP contribution in [0.25, 0.3) is 0 Å². The molecular formula is C15H22N2O3. The molecule has 0 radical (unpaired) electrons. The van der Waals surface area contributed by atoms with E-state index in [9.17, 15) is 9.90 Å². The first-order valence-corrected chi connectivity index (χ1v) is 6.93. The fourth-order valence-electron chi connectivity index (χ4n) is 2.58. The zero-order chi connectivity index (χ0) is 14.8. The van der Waals surface area contributed by atoms with Crippen LogP contribution in [0.4, 0.5) is 4.79 Å². The number of aliphatic hydroxyl groups excluding tert-OH is 1. The summed E-state index contributed by atoms with van der Waals surface area (Å²) in [6, 6.07) is 3.61. The number of ether oxygens (including phenoxy) is 1. The van der Waals surface area contributed by atoms with Gasteiger partial charge in [-0.05, 0) is 38.8 Å². The monoisotopic (exact) mass is 278 g/mol. The van der Waals surface area contributed by atoms with Gasteiger partial charge in [0.05, 0.1) is 6.04 Å². The minimum absolute atomic E-state index is 0.0340. The number of nitrogens with zero attached hydrogens (tertiary/aromatic N) is 2. The molecule has 0 saturated carbocycles. The van der Waals surface area contributed by atoms with Crippen LogP contribution in [0, 0.1) is 5.92 Å². The number of carbonyl (C=O) groups is 1. The van der Waals surface area contributed by atoms with Gasteiger partial charge in [-0.15, -0.1) is 0 Å². The van der Waals surface area contributed by atoms with Crippen molar-refractivity contribution in [3.63, 3.8) is 0 Å². The molecule has 2 heterocycles. The quantitative estimate of drug-likeness (QED) is 0.902. The van der Waals surface area contributed by atoms with Gasteiger partial charge in [0.25, 0.3) is 0 Å². The van der Waals surface area contributed by atoms with E-state index in [-0.39, 0.29) is 24.7 Å². The van der Waals surface area contributed by atoms with Crippen molar-refractivity contribution < 1.29 is 14.6 Å². The molecule has 2 atom stereocenters. The Kier molecular flexibility index (Phi) is 4.28. The molecule has 1 fully saturated rings. The number of aromatic nitrogens is 1. The van der Waals surface area contributed by atoms with Crippen molar-refractivity contribution in [3.05, 3.63) is 30.1 Å². The number of likely N-dealkylation sites (tertiary alicyclic amines) is 1. The average Bonchev–Trinajstić information content (AvgIpc) is 2.81. The summed E-state index contributed by atoms with van der Waals surface area (Å²) in [7, 11) is 0. The van der Waals surface area contributed by atoms with Crippen molar-refractivity contribution in [2.75, 3.05) is 13.2 Å². The second-order valence-electron chi connectivity index (χ2n) is 6.14. The van der Waals surface area contributed by atoms with E-state index in [2.05, 4.69) is 4.98 Å². The van der Waals surface area contributed by atoms with Crippen molar-refractivity contribution in [3.8, 4) is 0 Å². The predicted octanol–water partition coefficient (Wildman–Crippen LogP) is 2.37. The van der Waals surface area contributed by atoms with Gasteiger partial charge in [0.1, 0.15) is 5.60 Å². The maximum absolute atomic E-state index is 12.3. The molecule has 5 heteroatoms. The Bertz CT molecular complexity index is 456. The standard InChI is InChI=1S/C15H22N2O3/c1-15(2,3)20-14(19)17-8-6-12(10-18)13(17)11-5-4-7-16-9-11/h4-5,7,9,12-13,18H,6,8,10H2,1-3H3. The van der Waals surface area contributed by atoms with E-state index in [1.165, 1.54) is 0 Å². The molecule has 1 aromatic heterocycles. The highest BCUT2D eigenvalue weighted by molar-refractivity contribution is 5.69. The largest absolute Gasteiger partial charge is 0.444 e. The lowest BCUT2D eigenvalue weighted by Gasteiger charge is -2.30. The van der Waals surface area contributed by atoms with Gasteiger partial charge in [-0.2, -0.15) is 0 Å². The lowest BCUT2D eigenvalue weighted by atomic mass is 9.96. The van der Waals surface area contributed by atoms with Gasteiger partial charge >= 0.3 is 6.09 Å². The number of amides is 1. The second-order valence-corrected chi connectivity index (χ2v) is 6.14. The first-order valence-electron chi connectivity index (χ1n) is 6.93. The van der Waals surface area contributed by atoms with E-state index >= 15 is 0 Å². The van der Waals surface area contributed by atoms with Gasteiger partial charge in [0, 0.05) is 31.5 Å². The van der Waals surface area contributed by atoms with E-state index in [0.29, 0.717) is 6.54 Å². The molecule has 20 heavy (non-hydrogen) atoms. The summed E-state index contributed by atoms with van der Waals surface area (Å²) < 4.78 is 5.45. The van der Waals surface area contributed by atoms with Crippen LogP contribution in [0.5, 0.6) is 0 Å². The first-order chi connectivity index (χ1) is 9.42. The Balaban J connectivity index is 2.22. The third-order valence-electron chi connectivity index (χ3n) is 3.41. The highest BCUT2D eigenvalue weighted by atomic mass is 16.6. The summed E-state index contributed by atoms with van der Waals surface area (Å²) in [5.74, 6) is 0.0340. The molecule has 2 unspecified atom stereocenters. The lowest BCUT2D eigenvalue weighted by molar-refractivity contribution is 0.0191. The second kappa shape index (κ2) is 5.79. The van der Waals surface area contributed by atoms with E-state index in [1.54, 1.807) is 17.3 Å². The van der Waals surface area contributed by atoms with Gasteiger partial charge in [-0.25, -0.2) is 4.79 Å². The Morgan fingerprint density at radius 3 is 2.85 bits per heavy atom.